The Labute approximate surface area is 152 Å². The van der Waals surface area contributed by atoms with E-state index in [1.54, 1.807) is 24.5 Å². The summed E-state index contributed by atoms with van der Waals surface area (Å²) >= 11 is 0. The molecule has 0 radical (unpaired) electrons. The first-order chi connectivity index (χ1) is 12.7. The molecular weight excluding hydrogens is 326 g/mol. The van der Waals surface area contributed by atoms with Gasteiger partial charge < -0.3 is 21.8 Å². The molecule has 3 rings (SSSR count). The lowest BCUT2D eigenvalue weighted by molar-refractivity contribution is -0.116. The summed E-state index contributed by atoms with van der Waals surface area (Å²) in [6, 6.07) is 1.62. The van der Waals surface area contributed by atoms with Crippen LogP contribution in [-0.2, 0) is 4.79 Å². The molecule has 6 heteroatoms. The van der Waals surface area contributed by atoms with Gasteiger partial charge in [-0.25, -0.2) is 0 Å². The van der Waals surface area contributed by atoms with Crippen molar-refractivity contribution in [1.29, 1.82) is 5.41 Å². The van der Waals surface area contributed by atoms with Crippen molar-refractivity contribution in [3.05, 3.63) is 77.3 Å². The summed E-state index contributed by atoms with van der Waals surface area (Å²) in [4.78, 5) is 16.3. The van der Waals surface area contributed by atoms with E-state index >= 15 is 0 Å². The summed E-state index contributed by atoms with van der Waals surface area (Å²) in [6.45, 7) is 1.73. The van der Waals surface area contributed by atoms with Crippen LogP contribution in [0.1, 0.15) is 11.1 Å². The largest absolute Gasteiger partial charge is 0.404 e. The second kappa shape index (κ2) is 8.22. The number of rotatable bonds is 5. The Kier molecular flexibility index (Phi) is 5.56. The highest BCUT2D eigenvalue weighted by molar-refractivity contribution is 6.09. The molecule has 26 heavy (non-hydrogen) atoms. The quantitative estimate of drug-likeness (QED) is 0.479. The zero-order chi connectivity index (χ0) is 18.4. The van der Waals surface area contributed by atoms with Crippen LogP contribution in [0.4, 0.5) is 0 Å². The van der Waals surface area contributed by atoms with E-state index < -0.39 is 0 Å². The van der Waals surface area contributed by atoms with Gasteiger partial charge in [0.25, 0.3) is 0 Å². The first-order valence-electron chi connectivity index (χ1n) is 8.35. The molecule has 2 heterocycles. The SMILES string of the molecule is N=CC(=CN)c1ccncc1/C=C/C(=O)NC1C=CC2=C(C=C1)CNC2. The summed E-state index contributed by atoms with van der Waals surface area (Å²) in [5, 5.41) is 13.7. The van der Waals surface area contributed by atoms with Gasteiger partial charge in [-0.1, -0.05) is 24.3 Å². The molecule has 0 saturated heterocycles. The van der Waals surface area contributed by atoms with Gasteiger partial charge in [0.1, 0.15) is 0 Å². The Bertz CT molecular complexity index is 837. The third-order valence-corrected chi connectivity index (χ3v) is 4.27. The average Bonchev–Trinajstić information content (AvgIpc) is 3.03. The molecule has 2 aliphatic rings. The molecule has 0 unspecified atom stereocenters. The third kappa shape index (κ3) is 4.04. The lowest BCUT2D eigenvalue weighted by atomic mass is 10.0. The van der Waals surface area contributed by atoms with Crippen molar-refractivity contribution in [2.75, 3.05) is 13.1 Å². The minimum Gasteiger partial charge on any atom is -0.404 e. The molecule has 0 atom stereocenters. The number of carbonyl (C=O) groups is 1. The smallest absolute Gasteiger partial charge is 0.244 e. The fourth-order valence-corrected chi connectivity index (χ4v) is 2.89. The molecular formula is C20H21N5O. The van der Waals surface area contributed by atoms with Crippen LogP contribution in [0.15, 0.2) is 66.2 Å². The minimum atomic E-state index is -0.201. The van der Waals surface area contributed by atoms with Crippen LogP contribution in [-0.4, -0.2) is 36.2 Å². The summed E-state index contributed by atoms with van der Waals surface area (Å²) in [5.74, 6) is -0.201. The highest BCUT2D eigenvalue weighted by Gasteiger charge is 2.13. The molecule has 6 nitrogen and oxygen atoms in total. The third-order valence-electron chi connectivity index (χ3n) is 4.27. The lowest BCUT2D eigenvalue weighted by Gasteiger charge is -2.09. The highest BCUT2D eigenvalue weighted by Crippen LogP contribution is 2.18. The van der Waals surface area contributed by atoms with Crippen molar-refractivity contribution in [2.45, 2.75) is 6.04 Å². The van der Waals surface area contributed by atoms with Crippen LogP contribution in [0.5, 0.6) is 0 Å². The summed E-state index contributed by atoms with van der Waals surface area (Å²) < 4.78 is 0. The van der Waals surface area contributed by atoms with Crippen molar-refractivity contribution in [3.8, 4) is 0 Å². The molecule has 1 aliphatic carbocycles. The van der Waals surface area contributed by atoms with E-state index in [9.17, 15) is 4.79 Å². The van der Waals surface area contributed by atoms with Crippen molar-refractivity contribution in [2.24, 2.45) is 5.73 Å². The van der Waals surface area contributed by atoms with Crippen LogP contribution in [0, 0.1) is 5.41 Å². The van der Waals surface area contributed by atoms with Gasteiger partial charge in [0.2, 0.25) is 5.91 Å². The van der Waals surface area contributed by atoms with Gasteiger partial charge in [0, 0.05) is 55.1 Å². The van der Waals surface area contributed by atoms with E-state index in [4.69, 9.17) is 11.1 Å². The van der Waals surface area contributed by atoms with E-state index in [0.717, 1.165) is 24.2 Å². The fraction of sp³-hybridized carbons (Fsp3) is 0.150. The van der Waals surface area contributed by atoms with Gasteiger partial charge in [-0.05, 0) is 28.9 Å². The molecule has 0 bridgehead atoms. The minimum absolute atomic E-state index is 0.146. The second-order valence-electron chi connectivity index (χ2n) is 5.97. The summed E-state index contributed by atoms with van der Waals surface area (Å²) in [7, 11) is 0. The van der Waals surface area contributed by atoms with E-state index in [-0.39, 0.29) is 11.9 Å². The molecule has 1 amide bonds. The number of hydrogen-bond acceptors (Lipinski definition) is 5. The van der Waals surface area contributed by atoms with E-state index in [1.807, 2.05) is 12.2 Å². The number of pyridine rings is 1. The summed E-state index contributed by atoms with van der Waals surface area (Å²) in [5.41, 5.74) is 10.1. The standard InChI is InChI=1S/C20H21N5O/c21-9-17(10-22)19-7-8-23-13-16(19)3-6-20(26)25-18-4-1-14-11-24-12-15(14)2-5-18/h1-10,13,18,21,24H,11-12,22H2,(H,25,26)/b6-3+,17-10?,21-9?. The van der Waals surface area contributed by atoms with Crippen molar-refractivity contribution in [3.63, 3.8) is 0 Å². The Morgan fingerprint density at radius 2 is 2.04 bits per heavy atom. The number of allylic oxidation sites excluding steroid dienone is 1. The van der Waals surface area contributed by atoms with Crippen LogP contribution in [0.2, 0.25) is 0 Å². The number of amides is 1. The van der Waals surface area contributed by atoms with Crippen molar-refractivity contribution >= 4 is 23.8 Å². The molecule has 1 aromatic heterocycles. The van der Waals surface area contributed by atoms with Gasteiger partial charge in [-0.3, -0.25) is 9.78 Å². The number of hydrogen-bond donors (Lipinski definition) is 4. The van der Waals surface area contributed by atoms with Crippen LogP contribution in [0.25, 0.3) is 11.6 Å². The van der Waals surface area contributed by atoms with Gasteiger partial charge in [-0.15, -0.1) is 0 Å². The normalized spacial score (nSPS) is 17.5. The molecule has 1 aliphatic heterocycles. The molecule has 132 valence electrons. The molecule has 5 N–H and O–H groups in total. The zero-order valence-corrected chi connectivity index (χ0v) is 14.3. The maximum atomic E-state index is 12.3. The number of nitrogens with zero attached hydrogens (tertiary/aromatic N) is 1. The maximum absolute atomic E-state index is 12.3. The van der Waals surface area contributed by atoms with Gasteiger partial charge in [0.15, 0.2) is 0 Å². The van der Waals surface area contributed by atoms with Crippen LogP contribution >= 0.6 is 0 Å². The first kappa shape index (κ1) is 17.6. The lowest BCUT2D eigenvalue weighted by Crippen LogP contribution is -2.30. The van der Waals surface area contributed by atoms with Crippen LogP contribution in [0.3, 0.4) is 0 Å². The molecule has 1 aromatic rings. The predicted octanol–water partition coefficient (Wildman–Crippen LogP) is 1.55. The fourth-order valence-electron chi connectivity index (χ4n) is 2.89. The van der Waals surface area contributed by atoms with E-state index in [1.165, 1.54) is 29.6 Å². The topological polar surface area (TPSA) is 104 Å². The Balaban J connectivity index is 1.68. The monoisotopic (exact) mass is 347 g/mol. The number of nitrogens with one attached hydrogen (secondary N) is 3. The Hall–Kier alpha value is -3.25. The van der Waals surface area contributed by atoms with Gasteiger partial charge in [-0.2, -0.15) is 0 Å². The molecule has 0 spiro atoms. The first-order valence-corrected chi connectivity index (χ1v) is 8.35. The average molecular weight is 347 g/mol. The predicted molar refractivity (Wildman–Crippen MR) is 104 cm³/mol. The number of carbonyl (C=O) groups excluding carboxylic acids is 1. The molecule has 0 saturated carbocycles. The second-order valence-corrected chi connectivity index (χ2v) is 5.97. The Morgan fingerprint density at radius 1 is 1.31 bits per heavy atom. The van der Waals surface area contributed by atoms with E-state index in [0.29, 0.717) is 5.57 Å². The number of aromatic nitrogens is 1. The zero-order valence-electron chi connectivity index (χ0n) is 14.3. The molecule has 0 aromatic carbocycles. The van der Waals surface area contributed by atoms with E-state index in [2.05, 4.69) is 27.8 Å². The highest BCUT2D eigenvalue weighted by atomic mass is 16.1. The summed E-state index contributed by atoms with van der Waals surface area (Å²) in [6.07, 6.45) is 17.0. The maximum Gasteiger partial charge on any atom is 0.244 e. The Morgan fingerprint density at radius 3 is 2.69 bits per heavy atom. The molecule has 0 fully saturated rings. The van der Waals surface area contributed by atoms with Crippen molar-refractivity contribution in [1.82, 2.24) is 15.6 Å². The van der Waals surface area contributed by atoms with Crippen molar-refractivity contribution < 1.29 is 4.79 Å². The van der Waals surface area contributed by atoms with Gasteiger partial charge >= 0.3 is 0 Å². The number of nitrogens with two attached hydrogens (primary N) is 1. The van der Waals surface area contributed by atoms with Gasteiger partial charge in [0.05, 0.1) is 6.04 Å². The van der Waals surface area contributed by atoms with Crippen LogP contribution < -0.4 is 16.4 Å².